The van der Waals surface area contributed by atoms with E-state index in [1.165, 1.54) is 20.1 Å². The second-order valence-electron chi connectivity index (χ2n) is 9.53. The van der Waals surface area contributed by atoms with Crippen molar-refractivity contribution in [3.05, 3.63) is 86.8 Å². The van der Waals surface area contributed by atoms with Gasteiger partial charge in [0, 0.05) is 29.5 Å². The fourth-order valence-corrected chi connectivity index (χ4v) is 5.19. The minimum absolute atomic E-state index is 0.0482. The molecule has 1 aliphatic heterocycles. The predicted octanol–water partition coefficient (Wildman–Crippen LogP) is 5.09. The normalized spacial score (nSPS) is 14.4. The molecule has 4 aromatic rings. The molecule has 9 heteroatoms. The SMILES string of the molecule is COc1ccc(CCOc2c(OC)cccc2C2CC(=O)Oc3c(C(C)=O)c(O)c4c(C)cc(=O)oc4c32)cc1. The number of esters is 1. The number of phenols is 1. The molecule has 0 amide bonds. The van der Waals surface area contributed by atoms with Crippen LogP contribution < -0.4 is 24.6 Å². The molecule has 0 radical (unpaired) electrons. The summed E-state index contributed by atoms with van der Waals surface area (Å²) in [6, 6.07) is 14.2. The molecule has 0 bridgehead atoms. The second-order valence-corrected chi connectivity index (χ2v) is 9.53. The van der Waals surface area contributed by atoms with Crippen LogP contribution in [0.4, 0.5) is 0 Å². The molecule has 5 rings (SSSR count). The fraction of sp³-hybridized carbons (Fsp3) is 0.258. The maximum Gasteiger partial charge on any atom is 0.336 e. The summed E-state index contributed by atoms with van der Waals surface area (Å²) >= 11 is 0. The molecule has 1 aromatic heterocycles. The molecule has 0 spiro atoms. The molecule has 1 unspecified atom stereocenters. The lowest BCUT2D eigenvalue weighted by atomic mass is 9.82. The van der Waals surface area contributed by atoms with Crippen molar-refractivity contribution in [2.75, 3.05) is 20.8 Å². The number of ketones is 1. The van der Waals surface area contributed by atoms with Gasteiger partial charge in [-0.1, -0.05) is 24.3 Å². The molecule has 1 aliphatic rings. The Bertz CT molecular complexity index is 1680. The largest absolute Gasteiger partial charge is 0.506 e. The van der Waals surface area contributed by atoms with Crippen molar-refractivity contribution in [2.24, 2.45) is 0 Å². The quantitative estimate of drug-likeness (QED) is 0.140. The number of rotatable bonds is 8. The number of Topliss-reactive ketones (excluding diaryl/α,β-unsaturated/α-hetero) is 1. The highest BCUT2D eigenvalue weighted by atomic mass is 16.5. The molecule has 1 N–H and O–H groups in total. The third kappa shape index (κ3) is 4.75. The first-order valence-electron chi connectivity index (χ1n) is 12.7. The Hall–Kier alpha value is -4.79. The van der Waals surface area contributed by atoms with Crippen molar-refractivity contribution in [1.29, 1.82) is 0 Å². The van der Waals surface area contributed by atoms with Crippen molar-refractivity contribution in [3.8, 4) is 28.7 Å². The number of para-hydroxylation sites is 1. The number of carbonyl (C=O) groups excluding carboxylic acids is 2. The van der Waals surface area contributed by atoms with Crippen LogP contribution in [0.1, 0.15) is 51.9 Å². The summed E-state index contributed by atoms with van der Waals surface area (Å²) in [4.78, 5) is 38.0. The summed E-state index contributed by atoms with van der Waals surface area (Å²) in [5, 5.41) is 11.3. The van der Waals surface area contributed by atoms with Gasteiger partial charge in [-0.25, -0.2) is 4.79 Å². The molecule has 0 aliphatic carbocycles. The van der Waals surface area contributed by atoms with Gasteiger partial charge < -0.3 is 28.5 Å². The van der Waals surface area contributed by atoms with Crippen molar-refractivity contribution < 1.29 is 38.1 Å². The van der Waals surface area contributed by atoms with E-state index in [2.05, 4.69) is 0 Å². The molecule has 2 heterocycles. The molecule has 3 aromatic carbocycles. The molecule has 0 fully saturated rings. The minimum Gasteiger partial charge on any atom is -0.506 e. The van der Waals surface area contributed by atoms with Gasteiger partial charge in [-0.05, 0) is 43.2 Å². The highest BCUT2D eigenvalue weighted by Crippen LogP contribution is 2.51. The number of fused-ring (bicyclic) bond motifs is 3. The van der Waals surface area contributed by atoms with Gasteiger partial charge in [0.2, 0.25) is 0 Å². The summed E-state index contributed by atoms with van der Waals surface area (Å²) in [5.41, 5.74) is 1.61. The van der Waals surface area contributed by atoms with Crippen LogP contribution >= 0.6 is 0 Å². The number of hydrogen-bond donors (Lipinski definition) is 1. The highest BCUT2D eigenvalue weighted by molar-refractivity contribution is 6.09. The third-order valence-corrected chi connectivity index (χ3v) is 7.04. The zero-order valence-corrected chi connectivity index (χ0v) is 22.5. The van der Waals surface area contributed by atoms with E-state index < -0.39 is 29.0 Å². The monoisotopic (exact) mass is 544 g/mol. The molecule has 40 heavy (non-hydrogen) atoms. The van der Waals surface area contributed by atoms with E-state index in [9.17, 15) is 19.5 Å². The number of hydrogen-bond acceptors (Lipinski definition) is 9. The first kappa shape index (κ1) is 26.8. The fourth-order valence-electron chi connectivity index (χ4n) is 5.19. The summed E-state index contributed by atoms with van der Waals surface area (Å²) in [7, 11) is 3.12. The van der Waals surface area contributed by atoms with E-state index in [1.807, 2.05) is 24.3 Å². The van der Waals surface area contributed by atoms with Crippen LogP contribution in [0.3, 0.4) is 0 Å². The smallest absolute Gasteiger partial charge is 0.336 e. The molecule has 0 saturated carbocycles. The molecule has 1 atom stereocenters. The van der Waals surface area contributed by atoms with Gasteiger partial charge in [-0.15, -0.1) is 0 Å². The van der Waals surface area contributed by atoms with E-state index in [0.717, 1.165) is 11.3 Å². The number of aryl methyl sites for hydroxylation is 1. The van der Waals surface area contributed by atoms with E-state index in [0.29, 0.717) is 41.2 Å². The third-order valence-electron chi connectivity index (χ3n) is 7.04. The van der Waals surface area contributed by atoms with E-state index in [-0.39, 0.29) is 28.7 Å². The highest BCUT2D eigenvalue weighted by Gasteiger charge is 2.38. The average molecular weight is 545 g/mol. The van der Waals surface area contributed by atoms with Crippen LogP contribution in [-0.4, -0.2) is 37.7 Å². The molecule has 9 nitrogen and oxygen atoms in total. The maximum absolute atomic E-state index is 12.9. The van der Waals surface area contributed by atoms with Crippen molar-refractivity contribution in [2.45, 2.75) is 32.6 Å². The van der Waals surface area contributed by atoms with Gasteiger partial charge >= 0.3 is 11.6 Å². The number of phenolic OH excluding ortho intramolecular Hbond substituents is 1. The lowest BCUT2D eigenvalue weighted by Crippen LogP contribution is -2.24. The summed E-state index contributed by atoms with van der Waals surface area (Å²) in [5.74, 6) is -0.766. The van der Waals surface area contributed by atoms with Crippen LogP contribution in [0.25, 0.3) is 11.0 Å². The molecule has 206 valence electrons. The molecular weight excluding hydrogens is 516 g/mol. The Morgan fingerprint density at radius 2 is 1.82 bits per heavy atom. The Labute approximate surface area is 229 Å². The lowest BCUT2D eigenvalue weighted by molar-refractivity contribution is -0.135. The van der Waals surface area contributed by atoms with E-state index in [1.54, 1.807) is 32.2 Å². The van der Waals surface area contributed by atoms with Crippen molar-refractivity contribution >= 4 is 22.7 Å². The lowest BCUT2D eigenvalue weighted by Gasteiger charge is -2.29. The number of carbonyl (C=O) groups is 2. The topological polar surface area (TPSA) is 122 Å². The van der Waals surface area contributed by atoms with Crippen LogP contribution in [-0.2, 0) is 11.2 Å². The Morgan fingerprint density at radius 1 is 1.07 bits per heavy atom. The summed E-state index contributed by atoms with van der Waals surface area (Å²) in [6.45, 7) is 3.21. The Balaban J connectivity index is 1.66. The Kier molecular flexibility index (Phi) is 7.21. The number of aromatic hydroxyl groups is 1. The average Bonchev–Trinajstić information content (AvgIpc) is 2.92. The first-order chi connectivity index (χ1) is 19.2. The molecule has 0 saturated heterocycles. The van der Waals surface area contributed by atoms with Crippen LogP contribution in [0.2, 0.25) is 0 Å². The zero-order chi connectivity index (χ0) is 28.6. The number of benzene rings is 3. The minimum atomic E-state index is -0.728. The number of ether oxygens (including phenoxy) is 4. The van der Waals surface area contributed by atoms with Crippen LogP contribution in [0.15, 0.2) is 57.7 Å². The predicted molar refractivity (Wildman–Crippen MR) is 146 cm³/mol. The van der Waals surface area contributed by atoms with Gasteiger partial charge in [0.25, 0.3) is 0 Å². The summed E-state index contributed by atoms with van der Waals surface area (Å²) < 4.78 is 28.2. The number of methoxy groups -OCH3 is 2. The van der Waals surface area contributed by atoms with Gasteiger partial charge in [0.05, 0.1) is 32.6 Å². The van der Waals surface area contributed by atoms with Gasteiger partial charge in [0.1, 0.15) is 22.6 Å². The maximum atomic E-state index is 12.9. The van der Waals surface area contributed by atoms with E-state index in [4.69, 9.17) is 23.4 Å². The van der Waals surface area contributed by atoms with Gasteiger partial charge in [-0.2, -0.15) is 0 Å². The van der Waals surface area contributed by atoms with Crippen LogP contribution in [0.5, 0.6) is 28.7 Å². The van der Waals surface area contributed by atoms with Crippen LogP contribution in [0, 0.1) is 6.92 Å². The standard InChI is InChI=1S/C31H28O9/c1-16-14-23(33)39-30-25(16)28(35)26(17(2)32)31-27(30)21(15-24(34)40-31)20-6-5-7-22(37-4)29(20)38-13-12-18-8-10-19(36-3)11-9-18/h5-11,14,21,35H,12-13,15H2,1-4H3. The van der Waals surface area contributed by atoms with Crippen molar-refractivity contribution in [1.82, 2.24) is 0 Å². The van der Waals surface area contributed by atoms with E-state index >= 15 is 0 Å². The van der Waals surface area contributed by atoms with Gasteiger partial charge in [0.15, 0.2) is 23.0 Å². The summed E-state index contributed by atoms with van der Waals surface area (Å²) in [6.07, 6.45) is 0.466. The Morgan fingerprint density at radius 3 is 2.50 bits per heavy atom. The second kappa shape index (κ2) is 10.8. The van der Waals surface area contributed by atoms with Crippen molar-refractivity contribution in [3.63, 3.8) is 0 Å². The zero-order valence-electron chi connectivity index (χ0n) is 22.5. The van der Waals surface area contributed by atoms with Gasteiger partial charge in [-0.3, -0.25) is 9.59 Å². The first-order valence-corrected chi connectivity index (χ1v) is 12.7. The molecular formula is C31H28O9.